The number of methoxy groups -OCH3 is 2. The molecule has 0 aliphatic heterocycles. The van der Waals surface area contributed by atoms with Crippen molar-refractivity contribution < 1.29 is 22.3 Å². The van der Waals surface area contributed by atoms with Gasteiger partial charge in [0, 0.05) is 21.2 Å². The van der Waals surface area contributed by atoms with Gasteiger partial charge in [-0.25, -0.2) is 12.7 Å². The SMILES string of the molecule is COc1cccc(OC)c1-n1c(-c2ccco2)nnc1N(CC[Si](C)(C)C)S(=O)(=O)CCN. The minimum Gasteiger partial charge on any atom is -0.494 e. The highest BCUT2D eigenvalue weighted by atomic mass is 32.2. The number of anilines is 1. The zero-order chi connectivity index (χ0) is 24.2. The summed E-state index contributed by atoms with van der Waals surface area (Å²) in [6.07, 6.45) is 1.52. The zero-order valence-electron chi connectivity index (χ0n) is 19.6. The molecule has 180 valence electrons. The number of hydrogen-bond donors (Lipinski definition) is 1. The number of ether oxygens (including phenoxy) is 2. The van der Waals surface area contributed by atoms with Crippen LogP contribution in [0.15, 0.2) is 41.0 Å². The summed E-state index contributed by atoms with van der Waals surface area (Å²) >= 11 is 0. The number of nitrogens with two attached hydrogens (primary N) is 1. The lowest BCUT2D eigenvalue weighted by Crippen LogP contribution is -2.40. The maximum atomic E-state index is 13.3. The van der Waals surface area contributed by atoms with Crippen molar-refractivity contribution in [3.63, 3.8) is 0 Å². The van der Waals surface area contributed by atoms with Gasteiger partial charge < -0.3 is 19.6 Å². The standard InChI is InChI=1S/C21H31N5O5SSi/c1-29-16-8-6-9-17(30-2)19(16)26-20(18-10-7-13-31-18)23-24-21(26)25(12-15-33(3,4)5)32(27,28)14-11-22/h6-10,13H,11-12,14-15,22H2,1-5H3. The van der Waals surface area contributed by atoms with E-state index in [4.69, 9.17) is 19.6 Å². The lowest BCUT2D eigenvalue weighted by molar-refractivity contribution is 0.391. The molecule has 0 saturated heterocycles. The van der Waals surface area contributed by atoms with Crippen LogP contribution in [0.2, 0.25) is 25.7 Å². The number of para-hydroxylation sites is 1. The lowest BCUT2D eigenvalue weighted by Gasteiger charge is -2.27. The Morgan fingerprint density at radius 2 is 1.76 bits per heavy atom. The minimum atomic E-state index is -3.78. The van der Waals surface area contributed by atoms with E-state index in [0.717, 1.165) is 6.04 Å². The summed E-state index contributed by atoms with van der Waals surface area (Å²) in [7, 11) is -2.31. The van der Waals surface area contributed by atoms with Crippen LogP contribution in [0.5, 0.6) is 11.5 Å². The number of nitrogens with zero attached hydrogens (tertiary/aromatic N) is 4. The van der Waals surface area contributed by atoms with E-state index in [0.29, 0.717) is 28.8 Å². The predicted molar refractivity (Wildman–Crippen MR) is 131 cm³/mol. The van der Waals surface area contributed by atoms with Crippen LogP contribution in [0.25, 0.3) is 17.3 Å². The fraction of sp³-hybridized carbons (Fsp3) is 0.429. The third kappa shape index (κ3) is 5.39. The molecule has 3 aromatic rings. The number of rotatable bonds is 11. The molecule has 2 aromatic heterocycles. The second kappa shape index (κ2) is 9.97. The van der Waals surface area contributed by atoms with Crippen molar-refractivity contribution in [2.75, 3.05) is 37.4 Å². The molecule has 0 fully saturated rings. The van der Waals surface area contributed by atoms with Crippen LogP contribution in [0.1, 0.15) is 0 Å². The topological polar surface area (TPSA) is 126 Å². The number of sulfonamides is 1. The highest BCUT2D eigenvalue weighted by Crippen LogP contribution is 2.39. The molecular formula is C21H31N5O5SSi. The Morgan fingerprint density at radius 1 is 1.09 bits per heavy atom. The van der Waals surface area contributed by atoms with Crippen LogP contribution in [0, 0.1) is 0 Å². The number of benzene rings is 1. The molecular weight excluding hydrogens is 462 g/mol. The molecule has 2 heterocycles. The predicted octanol–water partition coefficient (Wildman–Crippen LogP) is 2.98. The van der Waals surface area contributed by atoms with E-state index in [9.17, 15) is 8.42 Å². The van der Waals surface area contributed by atoms with Gasteiger partial charge in [0.15, 0.2) is 5.76 Å². The van der Waals surface area contributed by atoms with Crippen LogP contribution >= 0.6 is 0 Å². The fourth-order valence-electron chi connectivity index (χ4n) is 3.32. The lowest BCUT2D eigenvalue weighted by atomic mass is 10.2. The highest BCUT2D eigenvalue weighted by molar-refractivity contribution is 7.92. The van der Waals surface area contributed by atoms with Gasteiger partial charge in [-0.2, -0.15) is 0 Å². The van der Waals surface area contributed by atoms with Crippen molar-refractivity contribution in [2.45, 2.75) is 25.7 Å². The second-order valence-electron chi connectivity index (χ2n) is 8.63. The van der Waals surface area contributed by atoms with Crippen LogP contribution in [0.3, 0.4) is 0 Å². The molecule has 0 radical (unpaired) electrons. The molecule has 0 amide bonds. The summed E-state index contributed by atoms with van der Waals surface area (Å²) < 4.78 is 46.3. The van der Waals surface area contributed by atoms with Gasteiger partial charge in [0.2, 0.25) is 21.8 Å². The van der Waals surface area contributed by atoms with Crippen LogP contribution in [-0.2, 0) is 10.0 Å². The van der Waals surface area contributed by atoms with Crippen LogP contribution in [-0.4, -0.2) is 64.3 Å². The average Bonchev–Trinajstić information content (AvgIpc) is 3.42. The van der Waals surface area contributed by atoms with Crippen molar-refractivity contribution in [1.82, 2.24) is 14.8 Å². The summed E-state index contributed by atoms with van der Waals surface area (Å²) in [5.41, 5.74) is 6.11. The van der Waals surface area contributed by atoms with Gasteiger partial charge in [0.1, 0.15) is 17.2 Å². The van der Waals surface area contributed by atoms with Gasteiger partial charge >= 0.3 is 0 Å². The minimum absolute atomic E-state index is 0.0110. The van der Waals surface area contributed by atoms with Crippen molar-refractivity contribution in [1.29, 1.82) is 0 Å². The fourth-order valence-corrected chi connectivity index (χ4v) is 5.63. The first-order valence-electron chi connectivity index (χ1n) is 10.5. The third-order valence-corrected chi connectivity index (χ3v) is 8.51. The van der Waals surface area contributed by atoms with E-state index >= 15 is 0 Å². The molecule has 0 aliphatic rings. The monoisotopic (exact) mass is 493 g/mol. The Bertz CT molecular complexity index is 1150. The third-order valence-electron chi connectivity index (χ3n) is 5.01. The van der Waals surface area contributed by atoms with Crippen LogP contribution in [0.4, 0.5) is 5.95 Å². The maximum Gasteiger partial charge on any atom is 0.246 e. The quantitative estimate of drug-likeness (QED) is 0.404. The maximum absolute atomic E-state index is 13.3. The number of aromatic nitrogens is 3. The van der Waals surface area contributed by atoms with Crippen molar-refractivity contribution in [2.24, 2.45) is 5.73 Å². The Balaban J connectivity index is 2.32. The average molecular weight is 494 g/mol. The van der Waals surface area contributed by atoms with E-state index in [-0.39, 0.29) is 24.8 Å². The smallest absolute Gasteiger partial charge is 0.246 e. The zero-order valence-corrected chi connectivity index (χ0v) is 21.4. The van der Waals surface area contributed by atoms with E-state index in [1.807, 2.05) is 0 Å². The molecule has 2 N–H and O–H groups in total. The summed E-state index contributed by atoms with van der Waals surface area (Å²) in [5.74, 6) is 1.57. The normalized spacial score (nSPS) is 12.1. The van der Waals surface area contributed by atoms with Gasteiger partial charge in [-0.1, -0.05) is 25.7 Å². The summed E-state index contributed by atoms with van der Waals surface area (Å²) in [6, 6.07) is 9.48. The van der Waals surface area contributed by atoms with Crippen molar-refractivity contribution in [3.05, 3.63) is 36.6 Å². The Labute approximate surface area is 195 Å². The van der Waals surface area contributed by atoms with E-state index in [1.54, 1.807) is 34.9 Å². The van der Waals surface area contributed by atoms with Gasteiger partial charge in [-0.3, -0.25) is 4.57 Å². The molecule has 0 spiro atoms. The van der Waals surface area contributed by atoms with Crippen molar-refractivity contribution in [3.8, 4) is 28.8 Å². The first-order chi connectivity index (χ1) is 15.6. The molecule has 1 aromatic carbocycles. The number of hydrogen-bond acceptors (Lipinski definition) is 8. The molecule has 33 heavy (non-hydrogen) atoms. The summed E-state index contributed by atoms with van der Waals surface area (Å²) in [4.78, 5) is 0. The van der Waals surface area contributed by atoms with E-state index < -0.39 is 18.1 Å². The summed E-state index contributed by atoms with van der Waals surface area (Å²) in [6.45, 7) is 6.80. The largest absolute Gasteiger partial charge is 0.494 e. The molecule has 12 heteroatoms. The van der Waals surface area contributed by atoms with Crippen molar-refractivity contribution >= 4 is 24.0 Å². The van der Waals surface area contributed by atoms with Gasteiger partial charge in [0.25, 0.3) is 0 Å². The van der Waals surface area contributed by atoms with E-state index in [1.165, 1.54) is 24.8 Å². The molecule has 0 bridgehead atoms. The molecule has 3 rings (SSSR count). The molecule has 0 unspecified atom stereocenters. The Morgan fingerprint density at radius 3 is 2.27 bits per heavy atom. The highest BCUT2D eigenvalue weighted by Gasteiger charge is 2.33. The molecule has 0 saturated carbocycles. The summed E-state index contributed by atoms with van der Waals surface area (Å²) in [5, 5.41) is 8.62. The van der Waals surface area contributed by atoms with Gasteiger partial charge in [-0.15, -0.1) is 10.2 Å². The Kier molecular flexibility index (Phi) is 7.50. The van der Waals surface area contributed by atoms with Crippen LogP contribution < -0.4 is 19.5 Å². The first-order valence-corrected chi connectivity index (χ1v) is 15.9. The van der Waals surface area contributed by atoms with Gasteiger partial charge in [-0.05, 0) is 30.3 Å². The second-order valence-corrected chi connectivity index (χ2v) is 16.3. The first kappa shape index (κ1) is 24.8. The van der Waals surface area contributed by atoms with Gasteiger partial charge in [0.05, 0.1) is 26.2 Å². The van der Waals surface area contributed by atoms with E-state index in [2.05, 4.69) is 29.8 Å². The Hall–Kier alpha value is -2.83. The molecule has 0 atom stereocenters. The molecule has 10 nitrogen and oxygen atoms in total. The number of furan rings is 1. The molecule has 0 aliphatic carbocycles.